The van der Waals surface area contributed by atoms with Crippen LogP contribution in [-0.4, -0.2) is 103 Å². The summed E-state index contributed by atoms with van der Waals surface area (Å²) < 4.78 is 96.9. The molecule has 0 amide bonds. The zero-order valence-corrected chi connectivity index (χ0v) is 36.8. The van der Waals surface area contributed by atoms with E-state index in [2.05, 4.69) is 14.9 Å². The van der Waals surface area contributed by atoms with Crippen LogP contribution in [0.5, 0.6) is 0 Å². The minimum atomic E-state index is -5.69. The average molecular weight is 803 g/mol. The number of ether oxygens (including phenoxy) is 3. The van der Waals surface area contributed by atoms with Gasteiger partial charge >= 0.3 is 115 Å². The number of hydrogen-bond donors (Lipinski definition) is 3. The summed E-state index contributed by atoms with van der Waals surface area (Å²) in [7, 11) is -11.3. The van der Waals surface area contributed by atoms with Crippen molar-refractivity contribution in [3.05, 3.63) is 12.2 Å². The first-order valence-electron chi connectivity index (χ1n) is 16.2. The van der Waals surface area contributed by atoms with Gasteiger partial charge in [-0.25, -0.2) is 16.8 Å². The van der Waals surface area contributed by atoms with Crippen LogP contribution in [0.2, 0.25) is 0 Å². The molecule has 1 spiro atoms. The van der Waals surface area contributed by atoms with E-state index in [1.54, 1.807) is 13.8 Å². The van der Waals surface area contributed by atoms with E-state index in [0.717, 1.165) is 24.8 Å². The van der Waals surface area contributed by atoms with Crippen molar-refractivity contribution in [2.45, 2.75) is 115 Å². The Labute approximate surface area is 377 Å². The number of aliphatic hydroxyl groups excluding tert-OH is 2. The number of fused-ring (bicyclic) bond motifs is 3. The summed E-state index contributed by atoms with van der Waals surface area (Å²) in [6.07, 6.45) is -8.49. The Hall–Kier alpha value is 1.53. The van der Waals surface area contributed by atoms with Crippen LogP contribution < -0.4 is 103 Å². The predicted molar refractivity (Wildman–Crippen MR) is 159 cm³/mol. The van der Waals surface area contributed by atoms with E-state index in [1.165, 1.54) is 0 Å². The molecule has 5 rings (SSSR count). The van der Waals surface area contributed by atoms with E-state index in [-0.39, 0.29) is 146 Å². The summed E-state index contributed by atoms with van der Waals surface area (Å²) in [4.78, 5) is 25.6. The minimum Gasteiger partial charge on any atom is -0.726 e. The van der Waals surface area contributed by atoms with Crippen molar-refractivity contribution >= 4 is 32.7 Å². The van der Waals surface area contributed by atoms with Gasteiger partial charge in [0.2, 0.25) is 20.8 Å². The molecule has 0 radical (unpaired) electrons. The fraction of sp³-hybridized carbons (Fsp3) is 0.867. The second-order valence-electron chi connectivity index (χ2n) is 14.8. The molecule has 2 bridgehead atoms. The van der Waals surface area contributed by atoms with Crippen molar-refractivity contribution in [2.24, 2.45) is 40.4 Å². The van der Waals surface area contributed by atoms with Crippen molar-refractivity contribution in [3.63, 3.8) is 0 Å². The third-order valence-electron chi connectivity index (χ3n) is 11.5. The molecule has 274 valence electrons. The number of aliphatic carboxylic acids is 1. The molecule has 4 saturated carbocycles. The minimum absolute atomic E-state index is 0. The van der Waals surface area contributed by atoms with E-state index in [1.807, 2.05) is 6.92 Å². The number of carboxylic acid groups (broad SMARTS) is 1. The summed E-state index contributed by atoms with van der Waals surface area (Å²) >= 11 is 0. The molecule has 4 aliphatic carbocycles. The zero-order valence-electron chi connectivity index (χ0n) is 29.0. The van der Waals surface area contributed by atoms with Crippen LogP contribution in [0.25, 0.3) is 0 Å². The van der Waals surface area contributed by atoms with E-state index in [4.69, 9.17) is 14.2 Å². The molecule has 20 heteroatoms. The van der Waals surface area contributed by atoms with E-state index in [9.17, 15) is 50.8 Å². The maximum Gasteiger partial charge on any atom is 1.00 e. The third-order valence-corrected chi connectivity index (χ3v) is 12.4. The molecule has 13 atom stereocenters. The number of carboxylic acids is 1. The molecule has 1 saturated heterocycles. The Bertz CT molecular complexity index is 1490. The SMILES string of the molecule is C=C1[C@H]2CC[C@H]3[C@]4(C)C[C@H](O[C@@H]5O[C@H](CO)[C@@H](OS(=O)(=O)[O-])[C@H](OS(=O)(=O)[O-])[C@H]5OC(=O)CC(C)C)C[C@@H](C(=O)O)[C@H]4CC[C@]3(C2)[C@H]1O.[K+].[K+]. The van der Waals surface area contributed by atoms with Crippen molar-refractivity contribution in [1.82, 2.24) is 0 Å². The summed E-state index contributed by atoms with van der Waals surface area (Å²) in [5, 5.41) is 31.9. The topological polar surface area (TPSA) is 255 Å². The number of hydrogen-bond acceptors (Lipinski definition) is 15. The molecule has 50 heavy (non-hydrogen) atoms. The molecule has 1 aliphatic heterocycles. The largest absolute Gasteiger partial charge is 1.00 e. The smallest absolute Gasteiger partial charge is 0.726 e. The first-order chi connectivity index (χ1) is 22.2. The van der Waals surface area contributed by atoms with Gasteiger partial charge in [-0.05, 0) is 79.6 Å². The molecule has 0 aromatic carbocycles. The number of rotatable bonds is 11. The fourth-order valence-corrected chi connectivity index (χ4v) is 10.8. The van der Waals surface area contributed by atoms with Crippen molar-refractivity contribution in [2.75, 3.05) is 6.61 Å². The summed E-state index contributed by atoms with van der Waals surface area (Å²) in [6.45, 7) is 8.41. The summed E-state index contributed by atoms with van der Waals surface area (Å²) in [5.74, 6) is -3.38. The zero-order chi connectivity index (χ0) is 35.6. The number of carbonyl (C=O) groups excluding carboxylic acids is 1. The van der Waals surface area contributed by atoms with Crippen LogP contribution >= 0.6 is 0 Å². The van der Waals surface area contributed by atoms with Gasteiger partial charge in [-0.15, -0.1) is 0 Å². The van der Waals surface area contributed by atoms with Gasteiger partial charge in [0.05, 0.1) is 24.7 Å². The molecule has 5 fully saturated rings. The maximum absolute atomic E-state index is 12.9. The Kier molecular flexibility index (Phi) is 15.9. The van der Waals surface area contributed by atoms with Crippen LogP contribution in [0, 0.1) is 40.4 Å². The van der Waals surface area contributed by atoms with E-state index in [0.29, 0.717) is 12.8 Å². The Balaban J connectivity index is 0.00000338. The molecular weight excluding hydrogens is 759 g/mol. The van der Waals surface area contributed by atoms with Crippen LogP contribution in [0.15, 0.2) is 12.2 Å². The average Bonchev–Trinajstić information content (AvgIpc) is 3.12. The number of aliphatic hydroxyl groups is 2. The van der Waals surface area contributed by atoms with Crippen LogP contribution in [0.4, 0.5) is 0 Å². The Morgan fingerprint density at radius 3 is 2.20 bits per heavy atom. The molecule has 0 aromatic heterocycles. The van der Waals surface area contributed by atoms with Crippen LogP contribution in [0.1, 0.15) is 72.1 Å². The standard InChI is InChI=1S/C30H46O16S2.2K/c1-14(2)9-22(32)44-25-24(46-48(39,40)41)23(45-47(36,37)38)20(13-31)43-28(25)42-17-10-18(27(34)35)19-7-8-30-11-16(15(3)26(30)33)5-6-21(30)29(19,4)12-17;;/h14,16-21,23-26,28,31,33H,3,5-13H2,1-2,4H3,(H,34,35)(H,36,37,38)(H,39,40,41);;/q;2*+1/p-2/t16-,17+,18+,19+,20+,21-,23+,24-,25+,26-,28+,29+,30+;;/m0../s1. The second kappa shape index (κ2) is 17.4. The molecule has 3 N–H and O–H groups in total. The van der Waals surface area contributed by atoms with Crippen molar-refractivity contribution < 1.29 is 176 Å². The van der Waals surface area contributed by atoms with Gasteiger partial charge in [0.15, 0.2) is 12.4 Å². The van der Waals surface area contributed by atoms with E-state index >= 15 is 0 Å². The first-order valence-corrected chi connectivity index (χ1v) is 18.8. The number of carbonyl (C=O) groups is 2. The predicted octanol–water partition coefficient (Wildman–Crippen LogP) is -5.01. The van der Waals surface area contributed by atoms with Crippen molar-refractivity contribution in [1.29, 1.82) is 0 Å². The quantitative estimate of drug-likeness (QED) is 0.0442. The number of esters is 1. The molecule has 5 aliphatic rings. The molecule has 1 heterocycles. The van der Waals surface area contributed by atoms with Gasteiger partial charge in [-0.3, -0.25) is 18.0 Å². The van der Waals surface area contributed by atoms with Gasteiger partial charge in [-0.1, -0.05) is 27.4 Å². The third kappa shape index (κ3) is 9.55. The molecular formula is C30H44K2O16S2. The molecule has 16 nitrogen and oxygen atoms in total. The normalized spacial score (nSPS) is 41.3. The first kappa shape index (κ1) is 45.9. The monoisotopic (exact) mass is 802 g/mol. The van der Waals surface area contributed by atoms with E-state index < -0.39 is 99.0 Å². The maximum atomic E-state index is 12.9. The van der Waals surface area contributed by atoms with Gasteiger partial charge in [-0.2, -0.15) is 0 Å². The van der Waals surface area contributed by atoms with Crippen LogP contribution in [0.3, 0.4) is 0 Å². The van der Waals surface area contributed by atoms with Gasteiger partial charge in [0, 0.05) is 11.8 Å². The summed E-state index contributed by atoms with van der Waals surface area (Å²) in [6, 6.07) is 0. The fourth-order valence-electron chi connectivity index (χ4n) is 9.81. The van der Waals surface area contributed by atoms with Crippen molar-refractivity contribution in [3.8, 4) is 0 Å². The summed E-state index contributed by atoms with van der Waals surface area (Å²) in [5.41, 5.74) is -0.359. The second-order valence-corrected chi connectivity index (χ2v) is 16.8. The van der Waals surface area contributed by atoms with Crippen LogP contribution in [-0.2, 0) is 53.0 Å². The van der Waals surface area contributed by atoms with Gasteiger partial charge in [0.1, 0.15) is 18.3 Å². The molecule has 0 unspecified atom stereocenters. The van der Waals surface area contributed by atoms with Gasteiger partial charge < -0.3 is 38.6 Å². The van der Waals surface area contributed by atoms with Gasteiger partial charge in [0.25, 0.3) is 0 Å². The Morgan fingerprint density at radius 2 is 1.64 bits per heavy atom. The molecule has 0 aromatic rings. The Morgan fingerprint density at radius 1 is 1.02 bits per heavy atom.